The molecule has 1 saturated carbocycles. The molecule has 2 aliphatic rings. The minimum atomic E-state index is -4.54. The topological polar surface area (TPSA) is 107 Å². The third-order valence-electron chi connectivity index (χ3n) is 6.11. The first-order valence-corrected chi connectivity index (χ1v) is 12.5. The van der Waals surface area contributed by atoms with Crippen molar-refractivity contribution in [2.75, 3.05) is 11.5 Å². The first-order chi connectivity index (χ1) is 16.0. The number of benzene rings is 1. The van der Waals surface area contributed by atoms with E-state index in [4.69, 9.17) is 0 Å². The molecule has 180 valence electrons. The molecule has 1 aliphatic carbocycles. The number of alkyl halides is 3. The second-order valence-electron chi connectivity index (χ2n) is 8.61. The zero-order valence-corrected chi connectivity index (χ0v) is 18.6. The van der Waals surface area contributed by atoms with E-state index in [-0.39, 0.29) is 46.7 Å². The highest BCUT2D eigenvalue weighted by Crippen LogP contribution is 2.33. The van der Waals surface area contributed by atoms with Gasteiger partial charge in [-0.3, -0.25) is 14.2 Å². The van der Waals surface area contributed by atoms with Gasteiger partial charge in [0.25, 0.3) is 5.56 Å². The van der Waals surface area contributed by atoms with Gasteiger partial charge in [0.05, 0.1) is 29.0 Å². The van der Waals surface area contributed by atoms with E-state index in [9.17, 15) is 31.2 Å². The molecular formula is C21H20F3N5O4S. The van der Waals surface area contributed by atoms with Crippen LogP contribution in [0.1, 0.15) is 24.8 Å². The number of amides is 1. The zero-order valence-electron chi connectivity index (χ0n) is 17.8. The van der Waals surface area contributed by atoms with Gasteiger partial charge in [-0.1, -0.05) is 6.07 Å². The fourth-order valence-corrected chi connectivity index (χ4v) is 6.06. The maximum absolute atomic E-state index is 13.1. The van der Waals surface area contributed by atoms with Crippen molar-refractivity contribution in [2.24, 2.45) is 0 Å². The van der Waals surface area contributed by atoms with Crippen molar-refractivity contribution >= 4 is 26.8 Å². The van der Waals surface area contributed by atoms with Crippen molar-refractivity contribution in [3.8, 4) is 5.69 Å². The van der Waals surface area contributed by atoms with E-state index >= 15 is 0 Å². The summed E-state index contributed by atoms with van der Waals surface area (Å²) in [5.74, 6) is -0.403. The lowest BCUT2D eigenvalue weighted by Crippen LogP contribution is -2.45. The lowest BCUT2D eigenvalue weighted by molar-refractivity contribution is -0.137. The van der Waals surface area contributed by atoms with Crippen LogP contribution in [0, 0.1) is 0 Å². The number of carbonyl (C=O) groups excluding carboxylic acids is 1. The van der Waals surface area contributed by atoms with Crippen molar-refractivity contribution in [2.45, 2.75) is 44.1 Å². The number of sulfone groups is 1. The summed E-state index contributed by atoms with van der Waals surface area (Å²) in [7, 11) is -3.18. The standard InChI is InChI=1S/C21H20F3N5O4S/c22-21(23,24)13-2-1-3-15(8-13)29-19-17(9-26-29)20(31)27(12-25-19)10-18(30)28(14-4-5-14)16-6-7-34(32,33)11-16/h1-3,8-9,12,14,16H,4-7,10-11H2. The van der Waals surface area contributed by atoms with Crippen molar-refractivity contribution in [1.82, 2.24) is 24.2 Å². The lowest BCUT2D eigenvalue weighted by Gasteiger charge is -2.28. The Morgan fingerprint density at radius 3 is 2.59 bits per heavy atom. The molecule has 1 saturated heterocycles. The van der Waals surface area contributed by atoms with Crippen LogP contribution >= 0.6 is 0 Å². The molecule has 3 aromatic rings. The largest absolute Gasteiger partial charge is 0.416 e. The molecule has 0 radical (unpaired) electrons. The fraction of sp³-hybridized carbons (Fsp3) is 0.429. The lowest BCUT2D eigenvalue weighted by atomic mass is 10.2. The molecule has 1 aliphatic heterocycles. The summed E-state index contributed by atoms with van der Waals surface area (Å²) < 4.78 is 65.3. The highest BCUT2D eigenvalue weighted by molar-refractivity contribution is 7.91. The SMILES string of the molecule is O=C(Cn1cnc2c(cnn2-c2cccc(C(F)(F)F)c2)c1=O)N(C1CC1)C1CCS(=O)(=O)C1. The van der Waals surface area contributed by atoms with Crippen molar-refractivity contribution in [1.29, 1.82) is 0 Å². The van der Waals surface area contributed by atoms with Crippen LogP contribution < -0.4 is 5.56 Å². The minimum absolute atomic E-state index is 0.0261. The number of nitrogens with zero attached hydrogens (tertiary/aromatic N) is 5. The number of hydrogen-bond donors (Lipinski definition) is 0. The second-order valence-corrected chi connectivity index (χ2v) is 10.8. The fourth-order valence-electron chi connectivity index (χ4n) is 4.34. The summed E-state index contributed by atoms with van der Waals surface area (Å²) in [5.41, 5.74) is -1.27. The van der Waals surface area contributed by atoms with E-state index in [0.717, 1.165) is 40.6 Å². The minimum Gasteiger partial charge on any atom is -0.334 e. The summed E-state index contributed by atoms with van der Waals surface area (Å²) >= 11 is 0. The van der Waals surface area contributed by atoms with Gasteiger partial charge >= 0.3 is 6.18 Å². The second kappa shape index (κ2) is 7.93. The van der Waals surface area contributed by atoms with Crippen LogP contribution in [0.2, 0.25) is 0 Å². The van der Waals surface area contributed by atoms with Gasteiger partial charge in [-0.05, 0) is 37.5 Å². The summed E-state index contributed by atoms with van der Waals surface area (Å²) in [5, 5.41) is 4.08. The molecule has 1 atom stereocenters. The Bertz CT molecular complexity index is 1440. The third kappa shape index (κ3) is 4.19. The van der Waals surface area contributed by atoms with Gasteiger partial charge in [-0.15, -0.1) is 0 Å². The van der Waals surface area contributed by atoms with E-state index < -0.39 is 33.2 Å². The van der Waals surface area contributed by atoms with E-state index in [1.807, 2.05) is 0 Å². The van der Waals surface area contributed by atoms with Crippen LogP contribution in [-0.4, -0.2) is 62.1 Å². The molecule has 1 aromatic carbocycles. The molecule has 5 rings (SSSR count). The molecule has 13 heteroatoms. The number of fused-ring (bicyclic) bond motifs is 1. The molecule has 34 heavy (non-hydrogen) atoms. The molecule has 2 aromatic heterocycles. The van der Waals surface area contributed by atoms with Crippen LogP contribution in [0.3, 0.4) is 0 Å². The summed E-state index contributed by atoms with van der Waals surface area (Å²) in [6.45, 7) is -0.316. The Kier molecular flexibility index (Phi) is 5.26. The van der Waals surface area contributed by atoms with E-state index in [1.54, 1.807) is 4.90 Å². The average Bonchev–Trinajstić information content (AvgIpc) is 3.39. The van der Waals surface area contributed by atoms with Crippen LogP contribution in [0.25, 0.3) is 16.7 Å². The summed E-state index contributed by atoms with van der Waals surface area (Å²) in [4.78, 5) is 31.8. The molecule has 1 amide bonds. The van der Waals surface area contributed by atoms with Crippen LogP contribution in [0.5, 0.6) is 0 Å². The quantitative estimate of drug-likeness (QED) is 0.534. The van der Waals surface area contributed by atoms with Crippen LogP contribution in [0.4, 0.5) is 13.2 Å². The average molecular weight is 495 g/mol. The Balaban J connectivity index is 1.43. The van der Waals surface area contributed by atoms with Gasteiger partial charge in [0.15, 0.2) is 15.5 Å². The molecule has 0 spiro atoms. The van der Waals surface area contributed by atoms with Crippen LogP contribution in [0.15, 0.2) is 41.6 Å². The van der Waals surface area contributed by atoms with E-state index in [2.05, 4.69) is 10.1 Å². The maximum atomic E-state index is 13.1. The Morgan fingerprint density at radius 1 is 1.18 bits per heavy atom. The number of aromatic nitrogens is 4. The zero-order chi connectivity index (χ0) is 24.3. The van der Waals surface area contributed by atoms with Gasteiger partial charge in [-0.2, -0.15) is 18.3 Å². The first-order valence-electron chi connectivity index (χ1n) is 10.7. The molecule has 9 nitrogen and oxygen atoms in total. The molecule has 0 bridgehead atoms. The Hall–Kier alpha value is -3.22. The first kappa shape index (κ1) is 22.6. The van der Waals surface area contributed by atoms with Gasteiger partial charge < -0.3 is 4.90 Å². The van der Waals surface area contributed by atoms with Crippen molar-refractivity contribution in [3.63, 3.8) is 0 Å². The predicted octanol–water partition coefficient (Wildman–Crippen LogP) is 1.78. The molecular weight excluding hydrogens is 475 g/mol. The summed E-state index contributed by atoms with van der Waals surface area (Å²) in [6.07, 6.45) is -0.221. The normalized spacial score (nSPS) is 20.0. The molecule has 0 N–H and O–H groups in total. The van der Waals surface area contributed by atoms with E-state index in [0.29, 0.717) is 6.42 Å². The number of hydrogen-bond acceptors (Lipinski definition) is 6. The van der Waals surface area contributed by atoms with Gasteiger partial charge in [0.1, 0.15) is 18.3 Å². The highest BCUT2D eigenvalue weighted by Gasteiger charge is 2.42. The molecule has 1 unspecified atom stereocenters. The van der Waals surface area contributed by atoms with Gasteiger partial charge in [0.2, 0.25) is 5.91 Å². The Labute approximate surface area is 191 Å². The Morgan fingerprint density at radius 2 is 1.94 bits per heavy atom. The number of carbonyl (C=O) groups is 1. The summed E-state index contributed by atoms with van der Waals surface area (Å²) in [6, 6.07) is 4.07. The van der Waals surface area contributed by atoms with Gasteiger partial charge in [0, 0.05) is 12.1 Å². The highest BCUT2D eigenvalue weighted by atomic mass is 32.2. The molecule has 3 heterocycles. The predicted molar refractivity (Wildman–Crippen MR) is 115 cm³/mol. The van der Waals surface area contributed by atoms with E-state index in [1.165, 1.54) is 18.3 Å². The van der Waals surface area contributed by atoms with Crippen LogP contribution in [-0.2, 0) is 27.4 Å². The smallest absolute Gasteiger partial charge is 0.334 e. The maximum Gasteiger partial charge on any atom is 0.416 e. The number of halogens is 3. The monoisotopic (exact) mass is 495 g/mol. The third-order valence-corrected chi connectivity index (χ3v) is 7.86. The van der Waals surface area contributed by atoms with Crippen molar-refractivity contribution in [3.05, 3.63) is 52.7 Å². The van der Waals surface area contributed by atoms with Gasteiger partial charge in [-0.25, -0.2) is 18.1 Å². The molecule has 2 fully saturated rings. The number of rotatable bonds is 5. The van der Waals surface area contributed by atoms with Crippen molar-refractivity contribution < 1.29 is 26.4 Å².